The number of nitrogens with one attached hydrogen (secondary N) is 2. The number of hydrogen-bond donors (Lipinski definition) is 3. The molecule has 4 heteroatoms. The monoisotopic (exact) mass is 245 g/mol. The van der Waals surface area contributed by atoms with Crippen molar-refractivity contribution in [2.24, 2.45) is 0 Å². The third-order valence-electron chi connectivity index (χ3n) is 3.07. The summed E-state index contributed by atoms with van der Waals surface area (Å²) in [6.07, 6.45) is 2.74. The summed E-state index contributed by atoms with van der Waals surface area (Å²) in [5.74, 6) is 0. The minimum Gasteiger partial charge on any atom is -0.395 e. The first-order chi connectivity index (χ1) is 8.85. The van der Waals surface area contributed by atoms with Gasteiger partial charge in [-0.2, -0.15) is 5.10 Å². The summed E-state index contributed by atoms with van der Waals surface area (Å²) in [4.78, 5) is 0. The largest absolute Gasteiger partial charge is 0.395 e. The summed E-state index contributed by atoms with van der Waals surface area (Å²) in [6.45, 7) is 2.93. The number of aromatic amines is 1. The number of nitrogens with zero attached hydrogens (tertiary/aromatic N) is 1. The molecule has 0 aliphatic heterocycles. The minimum atomic E-state index is 0.142. The highest BCUT2D eigenvalue weighted by Crippen LogP contribution is 2.20. The smallest absolute Gasteiger partial charge is 0.0695 e. The van der Waals surface area contributed by atoms with Crippen molar-refractivity contribution in [1.82, 2.24) is 15.5 Å². The molecule has 1 aromatic carbocycles. The normalized spacial score (nSPS) is 12.6. The van der Waals surface area contributed by atoms with Crippen molar-refractivity contribution in [2.45, 2.75) is 25.9 Å². The van der Waals surface area contributed by atoms with Crippen molar-refractivity contribution in [2.75, 3.05) is 6.61 Å². The fourth-order valence-corrected chi connectivity index (χ4v) is 1.89. The molecule has 0 aliphatic rings. The van der Waals surface area contributed by atoms with Gasteiger partial charge in [-0.1, -0.05) is 37.3 Å². The summed E-state index contributed by atoms with van der Waals surface area (Å²) in [6, 6.07) is 10.3. The Kier molecular flexibility index (Phi) is 4.50. The lowest BCUT2D eigenvalue weighted by molar-refractivity contribution is 0.238. The summed E-state index contributed by atoms with van der Waals surface area (Å²) >= 11 is 0. The van der Waals surface area contributed by atoms with Crippen molar-refractivity contribution in [3.8, 4) is 11.3 Å². The molecule has 0 unspecified atom stereocenters. The van der Waals surface area contributed by atoms with Crippen molar-refractivity contribution in [1.29, 1.82) is 0 Å². The molecule has 3 N–H and O–H groups in total. The van der Waals surface area contributed by atoms with Crippen LogP contribution in [0.2, 0.25) is 0 Å². The second-order valence-corrected chi connectivity index (χ2v) is 4.30. The lowest BCUT2D eigenvalue weighted by Crippen LogP contribution is -2.31. The quantitative estimate of drug-likeness (QED) is 0.729. The van der Waals surface area contributed by atoms with Crippen LogP contribution in [0.3, 0.4) is 0 Å². The first-order valence-corrected chi connectivity index (χ1v) is 6.27. The number of benzene rings is 1. The topological polar surface area (TPSA) is 60.9 Å². The zero-order valence-corrected chi connectivity index (χ0v) is 10.6. The van der Waals surface area contributed by atoms with Gasteiger partial charge in [0, 0.05) is 18.2 Å². The first kappa shape index (κ1) is 12.8. The van der Waals surface area contributed by atoms with Gasteiger partial charge in [0.25, 0.3) is 0 Å². The molecule has 1 atom stereocenters. The second-order valence-electron chi connectivity index (χ2n) is 4.30. The van der Waals surface area contributed by atoms with Crippen LogP contribution < -0.4 is 5.32 Å². The maximum atomic E-state index is 9.16. The van der Waals surface area contributed by atoms with Gasteiger partial charge in [-0.15, -0.1) is 0 Å². The maximum absolute atomic E-state index is 9.16. The number of aliphatic hydroxyl groups is 1. The number of hydrogen-bond acceptors (Lipinski definition) is 3. The molecule has 0 aliphatic carbocycles. The second kappa shape index (κ2) is 6.33. The van der Waals surface area contributed by atoms with Crippen LogP contribution in [-0.4, -0.2) is 28.0 Å². The van der Waals surface area contributed by atoms with Crippen LogP contribution in [-0.2, 0) is 6.54 Å². The molecule has 96 valence electrons. The van der Waals surface area contributed by atoms with E-state index in [9.17, 15) is 0 Å². The minimum absolute atomic E-state index is 0.142. The first-order valence-electron chi connectivity index (χ1n) is 6.27. The van der Waals surface area contributed by atoms with E-state index in [0.29, 0.717) is 6.54 Å². The third kappa shape index (κ3) is 2.97. The van der Waals surface area contributed by atoms with Crippen molar-refractivity contribution in [3.05, 3.63) is 42.1 Å². The average Bonchev–Trinajstić information content (AvgIpc) is 2.89. The summed E-state index contributed by atoms with van der Waals surface area (Å²) in [7, 11) is 0. The highest BCUT2D eigenvalue weighted by molar-refractivity contribution is 5.62. The fourth-order valence-electron chi connectivity index (χ4n) is 1.89. The van der Waals surface area contributed by atoms with E-state index in [0.717, 1.165) is 23.2 Å². The van der Waals surface area contributed by atoms with Gasteiger partial charge >= 0.3 is 0 Å². The van der Waals surface area contributed by atoms with Gasteiger partial charge in [-0.25, -0.2) is 0 Å². The maximum Gasteiger partial charge on any atom is 0.0695 e. The van der Waals surface area contributed by atoms with Gasteiger partial charge < -0.3 is 10.4 Å². The highest BCUT2D eigenvalue weighted by Gasteiger charge is 2.09. The van der Waals surface area contributed by atoms with E-state index in [2.05, 4.69) is 34.6 Å². The Hall–Kier alpha value is -1.65. The molecule has 0 spiro atoms. The van der Waals surface area contributed by atoms with E-state index in [1.165, 1.54) is 0 Å². The van der Waals surface area contributed by atoms with Crippen LogP contribution in [0.1, 0.15) is 18.9 Å². The van der Waals surface area contributed by atoms with E-state index >= 15 is 0 Å². The molecule has 1 heterocycles. The van der Waals surface area contributed by atoms with Gasteiger partial charge in [0.05, 0.1) is 18.5 Å². The van der Waals surface area contributed by atoms with E-state index in [-0.39, 0.29) is 12.6 Å². The Morgan fingerprint density at radius 1 is 1.33 bits per heavy atom. The van der Waals surface area contributed by atoms with E-state index in [1.807, 2.05) is 24.4 Å². The van der Waals surface area contributed by atoms with Crippen molar-refractivity contribution in [3.63, 3.8) is 0 Å². The summed E-state index contributed by atoms with van der Waals surface area (Å²) in [5, 5.41) is 19.6. The Morgan fingerprint density at radius 3 is 2.78 bits per heavy atom. The predicted molar refractivity (Wildman–Crippen MR) is 72.0 cm³/mol. The van der Waals surface area contributed by atoms with Crippen LogP contribution in [0.25, 0.3) is 11.3 Å². The molecule has 0 fully saturated rings. The van der Waals surface area contributed by atoms with E-state index in [4.69, 9.17) is 5.11 Å². The Labute approximate surface area is 107 Å². The van der Waals surface area contributed by atoms with Gasteiger partial charge in [0.1, 0.15) is 0 Å². The Morgan fingerprint density at radius 2 is 2.11 bits per heavy atom. The van der Waals surface area contributed by atoms with Crippen LogP contribution in [0.4, 0.5) is 0 Å². The van der Waals surface area contributed by atoms with Crippen LogP contribution in [0.15, 0.2) is 36.5 Å². The van der Waals surface area contributed by atoms with Crippen LogP contribution >= 0.6 is 0 Å². The van der Waals surface area contributed by atoms with Gasteiger partial charge in [0.2, 0.25) is 0 Å². The highest BCUT2D eigenvalue weighted by atomic mass is 16.3. The zero-order chi connectivity index (χ0) is 12.8. The molecule has 0 saturated carbocycles. The van der Waals surface area contributed by atoms with Gasteiger partial charge in [0.15, 0.2) is 0 Å². The van der Waals surface area contributed by atoms with Crippen molar-refractivity contribution >= 4 is 0 Å². The van der Waals surface area contributed by atoms with Crippen LogP contribution in [0, 0.1) is 0 Å². The third-order valence-corrected chi connectivity index (χ3v) is 3.07. The standard InChI is InChI=1S/C14H19N3O/c1-2-13(10-18)15-8-12-9-16-17-14(12)11-6-4-3-5-7-11/h3-7,9,13,15,18H,2,8,10H2,1H3,(H,16,17)/t13-/m0/s1. The molecule has 1 aromatic heterocycles. The average molecular weight is 245 g/mol. The summed E-state index contributed by atoms with van der Waals surface area (Å²) < 4.78 is 0. The zero-order valence-electron chi connectivity index (χ0n) is 10.6. The van der Waals surface area contributed by atoms with E-state index in [1.54, 1.807) is 0 Å². The molecule has 0 saturated heterocycles. The Bertz CT molecular complexity index is 463. The number of H-pyrrole nitrogens is 1. The van der Waals surface area contributed by atoms with Crippen molar-refractivity contribution < 1.29 is 5.11 Å². The lowest BCUT2D eigenvalue weighted by Gasteiger charge is -2.13. The molecule has 0 radical (unpaired) electrons. The molecule has 2 aromatic rings. The molecular weight excluding hydrogens is 226 g/mol. The molecule has 0 bridgehead atoms. The lowest BCUT2D eigenvalue weighted by atomic mass is 10.1. The number of rotatable bonds is 6. The molecule has 0 amide bonds. The molecular formula is C14H19N3O. The Balaban J connectivity index is 2.09. The SMILES string of the molecule is CC[C@@H](CO)NCc1cn[nH]c1-c1ccccc1. The molecule has 4 nitrogen and oxygen atoms in total. The van der Waals surface area contributed by atoms with Gasteiger partial charge in [-0.05, 0) is 12.0 Å². The van der Waals surface area contributed by atoms with Gasteiger partial charge in [-0.3, -0.25) is 5.10 Å². The number of aromatic nitrogens is 2. The number of aliphatic hydroxyl groups excluding tert-OH is 1. The van der Waals surface area contributed by atoms with Crippen LogP contribution in [0.5, 0.6) is 0 Å². The summed E-state index contributed by atoms with van der Waals surface area (Å²) in [5.41, 5.74) is 3.29. The molecule has 18 heavy (non-hydrogen) atoms. The fraction of sp³-hybridized carbons (Fsp3) is 0.357. The van der Waals surface area contributed by atoms with E-state index < -0.39 is 0 Å². The molecule has 2 rings (SSSR count). The predicted octanol–water partition coefficient (Wildman–Crippen LogP) is 1.94.